The van der Waals surface area contributed by atoms with Gasteiger partial charge in [-0.25, -0.2) is 4.79 Å². The molecule has 0 fully saturated rings. The van der Waals surface area contributed by atoms with Gasteiger partial charge in [-0.1, -0.05) is 24.3 Å². The fourth-order valence-electron chi connectivity index (χ4n) is 2.52. The Bertz CT molecular complexity index is 965. The van der Waals surface area contributed by atoms with Crippen molar-refractivity contribution in [1.29, 1.82) is 0 Å². The van der Waals surface area contributed by atoms with Crippen LogP contribution in [0.15, 0.2) is 60.7 Å². The second kappa shape index (κ2) is 7.19. The standard InChI is InChI=1S/C20H15F3O4/c1-12(19(24)25)26-17-6-2-5-16-15(17)4-3-7-18(16)27-14-10-8-13(9-11-14)20(21,22)23/h2-12H,1H3,(H,24,25). The highest BCUT2D eigenvalue weighted by molar-refractivity contribution is 5.93. The Morgan fingerprint density at radius 2 is 1.48 bits per heavy atom. The normalized spacial score (nSPS) is 12.6. The average Bonchev–Trinajstić information content (AvgIpc) is 2.62. The van der Waals surface area contributed by atoms with Gasteiger partial charge in [-0.05, 0) is 43.3 Å². The molecule has 0 aliphatic heterocycles. The van der Waals surface area contributed by atoms with Gasteiger partial charge >= 0.3 is 12.1 Å². The zero-order valence-electron chi connectivity index (χ0n) is 14.2. The van der Waals surface area contributed by atoms with Gasteiger partial charge in [0.05, 0.1) is 5.56 Å². The molecule has 3 rings (SSSR count). The third-order valence-electron chi connectivity index (χ3n) is 3.90. The van der Waals surface area contributed by atoms with Gasteiger partial charge in [-0.2, -0.15) is 13.2 Å². The molecule has 0 heterocycles. The van der Waals surface area contributed by atoms with Crippen molar-refractivity contribution in [3.63, 3.8) is 0 Å². The maximum absolute atomic E-state index is 12.7. The Labute approximate surface area is 152 Å². The van der Waals surface area contributed by atoms with Crippen molar-refractivity contribution in [2.75, 3.05) is 0 Å². The van der Waals surface area contributed by atoms with Crippen LogP contribution in [0.4, 0.5) is 13.2 Å². The van der Waals surface area contributed by atoms with Crippen molar-refractivity contribution in [3.05, 3.63) is 66.2 Å². The lowest BCUT2D eigenvalue weighted by Gasteiger charge is -2.15. The fraction of sp³-hybridized carbons (Fsp3) is 0.150. The number of carboxylic acids is 1. The van der Waals surface area contributed by atoms with Crippen LogP contribution in [0.25, 0.3) is 10.8 Å². The van der Waals surface area contributed by atoms with E-state index in [4.69, 9.17) is 14.6 Å². The maximum Gasteiger partial charge on any atom is 0.416 e. The second-order valence-corrected chi connectivity index (χ2v) is 5.83. The maximum atomic E-state index is 12.7. The highest BCUT2D eigenvalue weighted by Gasteiger charge is 2.30. The lowest BCUT2D eigenvalue weighted by Crippen LogP contribution is -2.22. The number of hydrogen-bond donors (Lipinski definition) is 1. The van der Waals surface area contributed by atoms with E-state index in [1.165, 1.54) is 19.1 Å². The van der Waals surface area contributed by atoms with Gasteiger partial charge in [0.25, 0.3) is 0 Å². The summed E-state index contributed by atoms with van der Waals surface area (Å²) >= 11 is 0. The first-order valence-corrected chi connectivity index (χ1v) is 8.02. The van der Waals surface area contributed by atoms with Crippen LogP contribution in [0.2, 0.25) is 0 Å². The Morgan fingerprint density at radius 1 is 0.926 bits per heavy atom. The Morgan fingerprint density at radius 3 is 2.04 bits per heavy atom. The van der Waals surface area contributed by atoms with E-state index in [1.54, 1.807) is 36.4 Å². The third kappa shape index (κ3) is 4.13. The number of rotatable bonds is 5. The number of halogens is 3. The average molecular weight is 376 g/mol. The van der Waals surface area contributed by atoms with Crippen LogP contribution in [-0.2, 0) is 11.0 Å². The summed E-state index contributed by atoms with van der Waals surface area (Å²) in [6, 6.07) is 14.6. The lowest BCUT2D eigenvalue weighted by atomic mass is 10.1. The minimum absolute atomic E-state index is 0.251. The zero-order chi connectivity index (χ0) is 19.6. The lowest BCUT2D eigenvalue weighted by molar-refractivity contribution is -0.144. The van der Waals surface area contributed by atoms with Gasteiger partial charge in [0.15, 0.2) is 6.10 Å². The molecule has 0 spiro atoms. The van der Waals surface area contributed by atoms with E-state index in [0.29, 0.717) is 22.3 Å². The summed E-state index contributed by atoms with van der Waals surface area (Å²) in [6.07, 6.45) is -5.44. The quantitative estimate of drug-likeness (QED) is 0.639. The highest BCUT2D eigenvalue weighted by atomic mass is 19.4. The molecule has 7 heteroatoms. The molecule has 27 heavy (non-hydrogen) atoms. The van der Waals surface area contributed by atoms with Crippen LogP contribution in [0.3, 0.4) is 0 Å². The van der Waals surface area contributed by atoms with E-state index in [0.717, 1.165) is 12.1 Å². The molecule has 0 saturated carbocycles. The summed E-state index contributed by atoms with van der Waals surface area (Å²) in [5, 5.41) is 10.3. The number of benzene rings is 3. The molecule has 0 aliphatic rings. The van der Waals surface area contributed by atoms with Crippen molar-refractivity contribution < 1.29 is 32.5 Å². The Balaban J connectivity index is 1.92. The highest BCUT2D eigenvalue weighted by Crippen LogP contribution is 2.36. The molecule has 0 aliphatic carbocycles. The van der Waals surface area contributed by atoms with E-state index in [-0.39, 0.29) is 5.75 Å². The van der Waals surface area contributed by atoms with Crippen molar-refractivity contribution in [1.82, 2.24) is 0 Å². The molecule has 1 unspecified atom stereocenters. The molecule has 1 atom stereocenters. The van der Waals surface area contributed by atoms with Crippen LogP contribution in [0.5, 0.6) is 17.2 Å². The number of carboxylic acid groups (broad SMARTS) is 1. The fourth-order valence-corrected chi connectivity index (χ4v) is 2.52. The van der Waals surface area contributed by atoms with E-state index >= 15 is 0 Å². The summed E-state index contributed by atoms with van der Waals surface area (Å²) in [5.41, 5.74) is -0.758. The molecule has 0 radical (unpaired) electrons. The van der Waals surface area contributed by atoms with Gasteiger partial charge in [0.2, 0.25) is 0 Å². The van der Waals surface area contributed by atoms with E-state index in [1.807, 2.05) is 0 Å². The summed E-state index contributed by atoms with van der Waals surface area (Å²) in [6.45, 7) is 1.42. The summed E-state index contributed by atoms with van der Waals surface area (Å²) in [4.78, 5) is 11.0. The summed E-state index contributed by atoms with van der Waals surface area (Å²) in [5.74, 6) is -0.0501. The number of carbonyl (C=O) groups is 1. The van der Waals surface area contributed by atoms with E-state index in [2.05, 4.69) is 0 Å². The van der Waals surface area contributed by atoms with E-state index in [9.17, 15) is 18.0 Å². The van der Waals surface area contributed by atoms with Gasteiger partial charge in [0.1, 0.15) is 17.2 Å². The molecule has 4 nitrogen and oxygen atoms in total. The topological polar surface area (TPSA) is 55.8 Å². The largest absolute Gasteiger partial charge is 0.479 e. The minimum atomic E-state index is -4.41. The van der Waals surface area contributed by atoms with Crippen LogP contribution >= 0.6 is 0 Å². The van der Waals surface area contributed by atoms with Crippen LogP contribution in [-0.4, -0.2) is 17.2 Å². The first-order valence-electron chi connectivity index (χ1n) is 8.02. The van der Waals surface area contributed by atoms with Gasteiger partial charge in [0, 0.05) is 10.8 Å². The Kier molecular flexibility index (Phi) is 4.94. The number of hydrogen-bond acceptors (Lipinski definition) is 3. The van der Waals surface area contributed by atoms with Crippen LogP contribution in [0.1, 0.15) is 12.5 Å². The molecule has 0 bridgehead atoms. The zero-order valence-corrected chi connectivity index (χ0v) is 14.2. The SMILES string of the molecule is CC(Oc1cccc2c(Oc3ccc(C(F)(F)F)cc3)cccc12)C(=O)O. The summed E-state index contributed by atoms with van der Waals surface area (Å²) in [7, 11) is 0. The molecular weight excluding hydrogens is 361 g/mol. The van der Waals surface area contributed by atoms with Crippen LogP contribution in [0, 0.1) is 0 Å². The number of ether oxygens (including phenoxy) is 2. The van der Waals surface area contributed by atoms with Crippen LogP contribution < -0.4 is 9.47 Å². The number of alkyl halides is 3. The smallest absolute Gasteiger partial charge is 0.416 e. The Hall–Kier alpha value is -3.22. The predicted octanol–water partition coefficient (Wildman–Crippen LogP) is 5.50. The van der Waals surface area contributed by atoms with Gasteiger partial charge in [-0.15, -0.1) is 0 Å². The first-order chi connectivity index (χ1) is 12.8. The van der Waals surface area contributed by atoms with Gasteiger partial charge < -0.3 is 14.6 Å². The molecule has 0 aromatic heterocycles. The van der Waals surface area contributed by atoms with E-state index < -0.39 is 23.8 Å². The molecule has 140 valence electrons. The molecule has 3 aromatic carbocycles. The van der Waals surface area contributed by atoms with Crippen molar-refractivity contribution in [2.24, 2.45) is 0 Å². The number of aliphatic carboxylic acids is 1. The minimum Gasteiger partial charge on any atom is -0.479 e. The second-order valence-electron chi connectivity index (χ2n) is 5.83. The first kappa shape index (κ1) is 18.6. The van der Waals surface area contributed by atoms with Crippen molar-refractivity contribution >= 4 is 16.7 Å². The van der Waals surface area contributed by atoms with Crippen molar-refractivity contribution in [3.8, 4) is 17.2 Å². The number of fused-ring (bicyclic) bond motifs is 1. The monoisotopic (exact) mass is 376 g/mol. The summed E-state index contributed by atoms with van der Waals surface area (Å²) < 4.78 is 49.2. The molecule has 3 aromatic rings. The molecule has 0 amide bonds. The van der Waals surface area contributed by atoms with Crippen molar-refractivity contribution in [2.45, 2.75) is 19.2 Å². The van der Waals surface area contributed by atoms with Gasteiger partial charge in [-0.3, -0.25) is 0 Å². The molecule has 0 saturated heterocycles. The molecule has 1 N–H and O–H groups in total. The predicted molar refractivity (Wildman–Crippen MR) is 93.2 cm³/mol. The third-order valence-corrected chi connectivity index (χ3v) is 3.90. The molecular formula is C20H15F3O4.